The summed E-state index contributed by atoms with van der Waals surface area (Å²) in [5, 5.41) is 13.8. The second-order valence-corrected chi connectivity index (χ2v) is 18.4. The van der Waals surface area contributed by atoms with Crippen LogP contribution in [0.15, 0.2) is 84.6 Å². The van der Waals surface area contributed by atoms with Crippen molar-refractivity contribution in [1.29, 1.82) is 0 Å². The van der Waals surface area contributed by atoms with Gasteiger partial charge in [-0.3, -0.25) is 19.8 Å². The number of imide groups is 1. The van der Waals surface area contributed by atoms with Crippen LogP contribution < -0.4 is 27.4 Å². The third kappa shape index (κ3) is 8.80. The fraction of sp³-hybridized carbons (Fsp3) is 0.458. The van der Waals surface area contributed by atoms with E-state index in [0.717, 1.165) is 68.3 Å². The Morgan fingerprint density at radius 2 is 1.67 bits per heavy atom. The van der Waals surface area contributed by atoms with Crippen LogP contribution in [0.25, 0.3) is 16.7 Å². The third-order valence-corrected chi connectivity index (χ3v) is 14.2. The van der Waals surface area contributed by atoms with E-state index in [9.17, 15) is 19.5 Å². The monoisotopic (exact) mass is 858 g/mol. The van der Waals surface area contributed by atoms with Gasteiger partial charge in [0, 0.05) is 112 Å². The lowest BCUT2D eigenvalue weighted by Crippen LogP contribution is -2.51. The van der Waals surface area contributed by atoms with E-state index in [0.29, 0.717) is 85.6 Å². The number of urea groups is 1. The predicted molar refractivity (Wildman–Crippen MR) is 241 cm³/mol. The number of likely N-dealkylation sites (tertiary alicyclic amines) is 3. The van der Waals surface area contributed by atoms with Crippen molar-refractivity contribution in [1.82, 2.24) is 29.6 Å². The normalized spacial score (nSPS) is 22.6. The molecule has 2 aromatic carbocycles. The maximum absolute atomic E-state index is 16.5. The summed E-state index contributed by atoms with van der Waals surface area (Å²) in [6.45, 7) is 6.63. The second-order valence-electron chi connectivity index (χ2n) is 18.4. The van der Waals surface area contributed by atoms with Gasteiger partial charge in [0.25, 0.3) is 5.91 Å². The van der Waals surface area contributed by atoms with Gasteiger partial charge in [-0.05, 0) is 91.5 Å². The fourth-order valence-corrected chi connectivity index (χ4v) is 10.2. The highest BCUT2D eigenvalue weighted by Crippen LogP contribution is 2.46. The lowest BCUT2D eigenvalue weighted by atomic mass is 9.81. The molecule has 4 amide bonds. The number of halogens is 1. The SMILES string of the molecule is CC1CCN(C(/C=C(\N)c2ccccc2O)=C(N)N)CC1c1ccc(C(=O)N2CCC(F)(CN3CCC(n4cc(C5CC5)c5cc(N6CCC(=O)NC6=O)cnc54)CC3)CC2)cc1. The van der Waals surface area contributed by atoms with Crippen LogP contribution in [0.2, 0.25) is 0 Å². The van der Waals surface area contributed by atoms with Crippen molar-refractivity contribution in [3.63, 3.8) is 0 Å². The standard InChI is InChI=1S/C48H59FN10O4/c1-30-12-20-57(41(44(51)52)25-40(50)36-4-2-3-5-42(36)60)27-38(30)31-8-10-33(11-9-31)46(62)56-22-16-48(49,17-23-56)29-55-18-13-34(14-19-55)59-28-39(32-6-7-32)37-24-35(26-53-45(37)59)58-21-15-43(61)54-47(58)63/h2-5,8-11,24-26,28,30,32,34,38,60H,6-7,12-23,27,29,50-52H2,1H3,(H,54,61,63)/b40-25-. The number of anilines is 1. The number of pyridine rings is 1. The number of aromatic nitrogens is 2. The molecule has 5 aliphatic rings. The molecule has 2 unspecified atom stereocenters. The Labute approximate surface area is 367 Å². The number of carbonyl (C=O) groups is 3. The molecule has 2 atom stereocenters. The quantitative estimate of drug-likeness (QED) is 0.121. The first-order valence-corrected chi connectivity index (χ1v) is 22.5. The van der Waals surface area contributed by atoms with Gasteiger partial charge in [0.1, 0.15) is 22.9 Å². The Bertz CT molecular complexity index is 2440. The van der Waals surface area contributed by atoms with Crippen LogP contribution in [0.4, 0.5) is 14.9 Å². The van der Waals surface area contributed by atoms with E-state index in [1.54, 1.807) is 40.3 Å². The van der Waals surface area contributed by atoms with Gasteiger partial charge in [0.15, 0.2) is 0 Å². The van der Waals surface area contributed by atoms with Gasteiger partial charge in [0.2, 0.25) is 5.91 Å². The highest BCUT2D eigenvalue weighted by Gasteiger charge is 2.39. The molecule has 0 spiro atoms. The Balaban J connectivity index is 0.784. The van der Waals surface area contributed by atoms with Crippen LogP contribution in [-0.2, 0) is 4.79 Å². The van der Waals surface area contributed by atoms with Gasteiger partial charge < -0.3 is 41.6 Å². The van der Waals surface area contributed by atoms with Crippen molar-refractivity contribution >= 4 is 40.3 Å². The number of para-hydroxylation sites is 1. The Morgan fingerprint density at radius 1 is 0.937 bits per heavy atom. The third-order valence-electron chi connectivity index (χ3n) is 14.2. The molecule has 2 aromatic heterocycles. The molecule has 0 bridgehead atoms. The van der Waals surface area contributed by atoms with Crippen LogP contribution in [0.1, 0.15) is 103 Å². The van der Waals surface area contributed by atoms with Crippen molar-refractivity contribution in [2.45, 2.75) is 81.8 Å². The molecule has 9 rings (SSSR count). The largest absolute Gasteiger partial charge is 0.507 e. The highest BCUT2D eigenvalue weighted by atomic mass is 19.1. The van der Waals surface area contributed by atoms with Crippen molar-refractivity contribution in [3.8, 4) is 5.75 Å². The number of piperidine rings is 3. The number of nitrogens with two attached hydrogens (primary N) is 3. The topological polar surface area (TPSA) is 192 Å². The molecule has 14 nitrogen and oxygen atoms in total. The number of phenols is 1. The van der Waals surface area contributed by atoms with Crippen molar-refractivity contribution in [3.05, 3.63) is 107 Å². The number of amides is 4. The van der Waals surface area contributed by atoms with Crippen molar-refractivity contribution < 1.29 is 23.9 Å². The summed E-state index contributed by atoms with van der Waals surface area (Å²) in [5.41, 5.74) is 23.5. The van der Waals surface area contributed by atoms with Crippen LogP contribution in [0.5, 0.6) is 5.75 Å². The molecular formula is C48H59FN10O4. The summed E-state index contributed by atoms with van der Waals surface area (Å²) >= 11 is 0. The number of rotatable bonds is 10. The Kier molecular flexibility index (Phi) is 11.5. The summed E-state index contributed by atoms with van der Waals surface area (Å²) < 4.78 is 18.8. The average molecular weight is 859 g/mol. The number of alkyl halides is 1. The number of nitrogens with zero attached hydrogens (tertiary/aromatic N) is 6. The zero-order valence-electron chi connectivity index (χ0n) is 36.0. The van der Waals surface area contributed by atoms with Crippen LogP contribution >= 0.6 is 0 Å². The van der Waals surface area contributed by atoms with Gasteiger partial charge in [-0.2, -0.15) is 0 Å². The summed E-state index contributed by atoms with van der Waals surface area (Å²) in [5.74, 6) is 0.915. The maximum Gasteiger partial charge on any atom is 0.328 e. The zero-order chi connectivity index (χ0) is 44.0. The van der Waals surface area contributed by atoms with Crippen LogP contribution in [0.3, 0.4) is 0 Å². The van der Waals surface area contributed by atoms with Crippen molar-refractivity contribution in [2.75, 3.05) is 57.3 Å². The molecule has 1 aliphatic carbocycles. The van der Waals surface area contributed by atoms with E-state index in [4.69, 9.17) is 22.2 Å². The molecule has 0 radical (unpaired) electrons. The second kappa shape index (κ2) is 17.2. The smallest absolute Gasteiger partial charge is 0.328 e. The highest BCUT2D eigenvalue weighted by molar-refractivity contribution is 6.06. The van der Waals surface area contributed by atoms with Crippen molar-refractivity contribution in [2.24, 2.45) is 23.1 Å². The number of phenolic OH excluding ortho intramolecular Hbond substituents is 1. The van der Waals surface area contributed by atoms with E-state index in [1.807, 2.05) is 36.4 Å². The number of nitrogens with one attached hydrogen (secondary N) is 1. The van der Waals surface area contributed by atoms with Crippen LogP contribution in [-0.4, -0.2) is 105 Å². The molecule has 1 saturated carbocycles. The van der Waals surface area contributed by atoms with Gasteiger partial charge in [-0.25, -0.2) is 14.2 Å². The average Bonchev–Trinajstić information content (AvgIpc) is 4.06. The number of fused-ring (bicyclic) bond motifs is 1. The number of benzene rings is 2. The van der Waals surface area contributed by atoms with E-state index in [1.165, 1.54) is 5.56 Å². The van der Waals surface area contributed by atoms with Gasteiger partial charge in [0.05, 0.1) is 17.6 Å². The summed E-state index contributed by atoms with van der Waals surface area (Å²) in [6, 6.07) is 16.6. The lowest BCUT2D eigenvalue weighted by molar-refractivity contribution is -0.120. The number of hydrogen-bond acceptors (Lipinski definition) is 10. The van der Waals surface area contributed by atoms with E-state index >= 15 is 4.39 Å². The molecule has 4 aromatic rings. The fourth-order valence-electron chi connectivity index (χ4n) is 10.2. The first-order valence-electron chi connectivity index (χ1n) is 22.5. The first-order chi connectivity index (χ1) is 30.3. The lowest BCUT2D eigenvalue weighted by Gasteiger charge is -2.41. The molecule has 5 fully saturated rings. The van der Waals surface area contributed by atoms with E-state index in [-0.39, 0.29) is 41.8 Å². The Morgan fingerprint density at radius 3 is 2.35 bits per heavy atom. The molecule has 4 saturated heterocycles. The number of allylic oxidation sites excluding steroid dienone is 1. The maximum atomic E-state index is 16.5. The molecule has 8 N–H and O–H groups in total. The number of aromatic hydroxyl groups is 1. The van der Waals surface area contributed by atoms with Gasteiger partial charge in [-0.15, -0.1) is 0 Å². The summed E-state index contributed by atoms with van der Waals surface area (Å²) in [7, 11) is 0. The first kappa shape index (κ1) is 42.2. The van der Waals surface area contributed by atoms with Gasteiger partial charge >= 0.3 is 6.03 Å². The Hall–Kier alpha value is -6.09. The molecule has 63 heavy (non-hydrogen) atoms. The minimum atomic E-state index is -1.36. The molecule has 6 heterocycles. The molecular weight excluding hydrogens is 800 g/mol. The molecule has 332 valence electrons. The van der Waals surface area contributed by atoms with E-state index < -0.39 is 11.7 Å². The summed E-state index contributed by atoms with van der Waals surface area (Å²) in [4.78, 5) is 50.7. The number of carbonyl (C=O) groups excluding carboxylic acids is 3. The molecule has 4 aliphatic heterocycles. The minimum absolute atomic E-state index is 0.0758. The number of hydrogen-bond donors (Lipinski definition) is 5. The van der Waals surface area contributed by atoms with Crippen LogP contribution in [0, 0.1) is 5.92 Å². The van der Waals surface area contributed by atoms with E-state index in [2.05, 4.69) is 32.8 Å². The minimum Gasteiger partial charge on any atom is -0.507 e. The van der Waals surface area contributed by atoms with Gasteiger partial charge in [-0.1, -0.05) is 31.2 Å². The molecule has 15 heteroatoms. The predicted octanol–water partition coefficient (Wildman–Crippen LogP) is 5.86. The zero-order valence-corrected chi connectivity index (χ0v) is 36.0. The summed E-state index contributed by atoms with van der Waals surface area (Å²) in [6.07, 6.45) is 11.5.